The van der Waals surface area contributed by atoms with Gasteiger partial charge >= 0.3 is 5.97 Å². The average molecular weight is 292 g/mol. The molecular formula is C15H14ClNO3. The molecule has 0 aliphatic heterocycles. The van der Waals surface area contributed by atoms with Crippen molar-refractivity contribution in [2.45, 2.75) is 13.8 Å². The maximum absolute atomic E-state index is 11.2. The van der Waals surface area contributed by atoms with E-state index in [-0.39, 0.29) is 17.0 Å². The fraction of sp³-hybridized carbons (Fsp3) is 0.133. The molecule has 0 amide bonds. The van der Waals surface area contributed by atoms with Gasteiger partial charge in [0.15, 0.2) is 5.75 Å². The van der Waals surface area contributed by atoms with Crippen molar-refractivity contribution in [3.05, 3.63) is 52.0 Å². The van der Waals surface area contributed by atoms with Crippen LogP contribution < -0.4 is 10.5 Å². The number of nitrogens with two attached hydrogens (primary N) is 1. The predicted octanol–water partition coefficient (Wildman–Crippen LogP) is 4.03. The molecule has 0 fully saturated rings. The number of hydrogen-bond acceptors (Lipinski definition) is 3. The molecule has 0 atom stereocenters. The number of nitrogen functional groups attached to an aromatic ring is 1. The Hall–Kier alpha value is -2.20. The number of carboxylic acid groups (broad SMARTS) is 1. The van der Waals surface area contributed by atoms with Crippen LogP contribution in [-0.4, -0.2) is 11.1 Å². The van der Waals surface area contributed by atoms with Crippen LogP contribution >= 0.6 is 11.6 Å². The summed E-state index contributed by atoms with van der Waals surface area (Å²) in [6.45, 7) is 3.68. The number of aromatic carboxylic acids is 1. The minimum atomic E-state index is -1.09. The first-order valence-electron chi connectivity index (χ1n) is 5.96. The van der Waals surface area contributed by atoms with Gasteiger partial charge in [0, 0.05) is 5.02 Å². The topological polar surface area (TPSA) is 72.5 Å². The number of rotatable bonds is 3. The standard InChI is InChI=1S/C15H14ClNO3/c1-8-6-10(16)7-9(2)13(8)20-14-11(15(18)19)4-3-5-12(14)17/h3-7H,17H2,1-2H3,(H,18,19). The second-order valence-electron chi connectivity index (χ2n) is 4.50. The lowest BCUT2D eigenvalue weighted by Gasteiger charge is -2.15. The fourth-order valence-electron chi connectivity index (χ4n) is 2.00. The lowest BCUT2D eigenvalue weighted by Crippen LogP contribution is -2.04. The van der Waals surface area contributed by atoms with Crippen molar-refractivity contribution < 1.29 is 14.6 Å². The molecule has 20 heavy (non-hydrogen) atoms. The van der Waals surface area contributed by atoms with E-state index < -0.39 is 5.97 Å². The Balaban J connectivity index is 2.53. The molecule has 4 nitrogen and oxygen atoms in total. The summed E-state index contributed by atoms with van der Waals surface area (Å²) < 4.78 is 5.75. The average Bonchev–Trinajstić information content (AvgIpc) is 2.34. The molecule has 0 saturated carbocycles. The molecule has 2 aromatic carbocycles. The summed E-state index contributed by atoms with van der Waals surface area (Å²) in [6.07, 6.45) is 0. The zero-order valence-electron chi connectivity index (χ0n) is 11.1. The van der Waals surface area contributed by atoms with Crippen LogP contribution in [0.3, 0.4) is 0 Å². The van der Waals surface area contributed by atoms with Gasteiger partial charge in [-0.2, -0.15) is 0 Å². The quantitative estimate of drug-likeness (QED) is 0.837. The van der Waals surface area contributed by atoms with Crippen LogP contribution in [0.2, 0.25) is 5.02 Å². The van der Waals surface area contributed by atoms with Crippen molar-refractivity contribution in [3.63, 3.8) is 0 Å². The lowest BCUT2D eigenvalue weighted by atomic mass is 10.1. The van der Waals surface area contributed by atoms with Crippen LogP contribution in [0.5, 0.6) is 11.5 Å². The van der Waals surface area contributed by atoms with Gasteiger partial charge in [-0.15, -0.1) is 0 Å². The SMILES string of the molecule is Cc1cc(Cl)cc(C)c1Oc1c(N)cccc1C(=O)O. The van der Waals surface area contributed by atoms with E-state index in [1.54, 1.807) is 24.3 Å². The van der Waals surface area contributed by atoms with Crippen LogP contribution in [0.15, 0.2) is 30.3 Å². The van der Waals surface area contributed by atoms with E-state index in [9.17, 15) is 9.90 Å². The third-order valence-electron chi connectivity index (χ3n) is 2.91. The first kappa shape index (κ1) is 14.2. The fourth-order valence-corrected chi connectivity index (χ4v) is 2.33. The Bertz CT molecular complexity index is 660. The highest BCUT2D eigenvalue weighted by Gasteiger charge is 2.17. The zero-order chi connectivity index (χ0) is 14.9. The minimum absolute atomic E-state index is 0.0266. The van der Waals surface area contributed by atoms with E-state index in [1.165, 1.54) is 6.07 Å². The Labute approximate surface area is 121 Å². The molecule has 2 rings (SSSR count). The molecule has 0 spiro atoms. The Morgan fingerprint density at radius 2 is 1.80 bits per heavy atom. The van der Waals surface area contributed by atoms with Crippen molar-refractivity contribution in [1.82, 2.24) is 0 Å². The monoisotopic (exact) mass is 291 g/mol. The summed E-state index contributed by atoms with van der Waals surface area (Å²) in [5.74, 6) is -0.375. The normalized spacial score (nSPS) is 10.3. The highest BCUT2D eigenvalue weighted by atomic mass is 35.5. The summed E-state index contributed by atoms with van der Waals surface area (Å²) in [5.41, 5.74) is 7.75. The molecule has 3 N–H and O–H groups in total. The molecule has 0 heterocycles. The number of ether oxygens (including phenoxy) is 1. The molecule has 104 valence electrons. The number of hydrogen-bond donors (Lipinski definition) is 2. The van der Waals surface area contributed by atoms with Crippen molar-refractivity contribution >= 4 is 23.3 Å². The molecule has 0 unspecified atom stereocenters. The van der Waals surface area contributed by atoms with Gasteiger partial charge in [0.1, 0.15) is 11.3 Å². The highest BCUT2D eigenvalue weighted by Crippen LogP contribution is 2.36. The first-order chi connectivity index (χ1) is 9.40. The van der Waals surface area contributed by atoms with Gasteiger partial charge in [0.05, 0.1) is 5.69 Å². The van der Waals surface area contributed by atoms with E-state index in [2.05, 4.69) is 0 Å². The summed E-state index contributed by atoms with van der Waals surface area (Å²) in [5, 5.41) is 9.80. The van der Waals surface area contributed by atoms with Gasteiger partial charge in [-0.05, 0) is 49.2 Å². The lowest BCUT2D eigenvalue weighted by molar-refractivity contribution is 0.0694. The van der Waals surface area contributed by atoms with E-state index in [1.807, 2.05) is 13.8 Å². The molecule has 0 bridgehead atoms. The molecule has 0 aromatic heterocycles. The van der Waals surface area contributed by atoms with Crippen LogP contribution in [0, 0.1) is 13.8 Å². The van der Waals surface area contributed by atoms with Crippen molar-refractivity contribution in [2.75, 3.05) is 5.73 Å². The number of anilines is 1. The van der Waals surface area contributed by atoms with Crippen LogP contribution in [0.1, 0.15) is 21.5 Å². The van der Waals surface area contributed by atoms with Crippen LogP contribution in [0.4, 0.5) is 5.69 Å². The number of aryl methyl sites for hydroxylation is 2. The first-order valence-corrected chi connectivity index (χ1v) is 6.34. The number of carboxylic acids is 1. The van der Waals surface area contributed by atoms with Gasteiger partial charge in [-0.1, -0.05) is 17.7 Å². The van der Waals surface area contributed by atoms with Crippen LogP contribution in [0.25, 0.3) is 0 Å². The summed E-state index contributed by atoms with van der Waals surface area (Å²) in [7, 11) is 0. The predicted molar refractivity (Wildman–Crippen MR) is 78.8 cm³/mol. The third kappa shape index (κ3) is 2.70. The molecule has 0 aliphatic rings. The second-order valence-corrected chi connectivity index (χ2v) is 4.94. The smallest absolute Gasteiger partial charge is 0.339 e. The zero-order valence-corrected chi connectivity index (χ0v) is 11.9. The summed E-state index contributed by atoms with van der Waals surface area (Å²) in [6, 6.07) is 8.14. The van der Waals surface area contributed by atoms with Gasteiger partial charge in [-0.3, -0.25) is 0 Å². The van der Waals surface area contributed by atoms with E-state index >= 15 is 0 Å². The Morgan fingerprint density at radius 1 is 1.20 bits per heavy atom. The molecule has 0 radical (unpaired) electrons. The summed E-state index contributed by atoms with van der Waals surface area (Å²) in [4.78, 5) is 11.2. The molecule has 0 aliphatic carbocycles. The maximum atomic E-state index is 11.2. The highest BCUT2D eigenvalue weighted by molar-refractivity contribution is 6.30. The van der Waals surface area contributed by atoms with Gasteiger partial charge in [0.2, 0.25) is 0 Å². The third-order valence-corrected chi connectivity index (χ3v) is 3.12. The van der Waals surface area contributed by atoms with Crippen molar-refractivity contribution in [1.29, 1.82) is 0 Å². The molecule has 2 aromatic rings. The molecular weight excluding hydrogens is 278 g/mol. The molecule has 0 saturated heterocycles. The van der Waals surface area contributed by atoms with E-state index in [0.717, 1.165) is 11.1 Å². The van der Waals surface area contributed by atoms with Gasteiger partial charge in [-0.25, -0.2) is 4.79 Å². The maximum Gasteiger partial charge on any atom is 0.339 e. The Kier molecular flexibility index (Phi) is 3.86. The number of halogens is 1. The minimum Gasteiger partial charge on any atom is -0.478 e. The number of carbonyl (C=O) groups is 1. The van der Waals surface area contributed by atoms with Gasteiger partial charge in [0.25, 0.3) is 0 Å². The second kappa shape index (κ2) is 5.43. The number of para-hydroxylation sites is 1. The summed E-state index contributed by atoms with van der Waals surface area (Å²) >= 11 is 5.96. The van der Waals surface area contributed by atoms with Crippen molar-refractivity contribution in [2.24, 2.45) is 0 Å². The van der Waals surface area contributed by atoms with Crippen LogP contribution in [-0.2, 0) is 0 Å². The van der Waals surface area contributed by atoms with Crippen molar-refractivity contribution in [3.8, 4) is 11.5 Å². The van der Waals surface area contributed by atoms with E-state index in [0.29, 0.717) is 10.8 Å². The van der Waals surface area contributed by atoms with Gasteiger partial charge < -0.3 is 15.6 Å². The Morgan fingerprint density at radius 3 is 2.35 bits per heavy atom. The molecule has 5 heteroatoms. The number of benzene rings is 2. The largest absolute Gasteiger partial charge is 0.478 e. The van der Waals surface area contributed by atoms with E-state index in [4.69, 9.17) is 22.1 Å².